The highest BCUT2D eigenvalue weighted by Crippen LogP contribution is 2.32. The van der Waals surface area contributed by atoms with Crippen molar-refractivity contribution in [1.29, 1.82) is 0 Å². The zero-order chi connectivity index (χ0) is 20.3. The molecule has 4 nitrogen and oxygen atoms in total. The van der Waals surface area contributed by atoms with Crippen LogP contribution in [0.1, 0.15) is 37.9 Å². The van der Waals surface area contributed by atoms with Crippen molar-refractivity contribution in [3.63, 3.8) is 0 Å². The average molecular weight is 399 g/mol. The molecule has 2 aromatic carbocycles. The molecule has 1 unspecified atom stereocenters. The summed E-state index contributed by atoms with van der Waals surface area (Å²) in [4.78, 5) is 14.3. The standard InChI is InChI=1S/C22H23FN2O2S/c1-4-25-14(2)20(15(3)26)21(24-22(25)28)17-6-5-7-19(12-17)27-13-16-8-10-18(23)11-9-16/h5-12,21H,4,13H2,1-3H3,(H,24,28). The van der Waals surface area contributed by atoms with E-state index in [0.29, 0.717) is 29.6 Å². The third-order valence-electron chi connectivity index (χ3n) is 4.80. The van der Waals surface area contributed by atoms with Gasteiger partial charge in [0.15, 0.2) is 10.9 Å². The van der Waals surface area contributed by atoms with Crippen molar-refractivity contribution in [3.8, 4) is 5.75 Å². The first-order chi connectivity index (χ1) is 13.4. The topological polar surface area (TPSA) is 41.6 Å². The van der Waals surface area contributed by atoms with E-state index in [4.69, 9.17) is 17.0 Å². The normalized spacial score (nSPS) is 16.8. The van der Waals surface area contributed by atoms with Crippen molar-refractivity contribution in [3.05, 3.63) is 76.7 Å². The molecule has 0 bridgehead atoms. The van der Waals surface area contributed by atoms with Crippen LogP contribution in [-0.2, 0) is 11.4 Å². The summed E-state index contributed by atoms with van der Waals surface area (Å²) in [5, 5.41) is 3.89. The Morgan fingerprint density at radius 1 is 1.25 bits per heavy atom. The quantitative estimate of drug-likeness (QED) is 0.725. The van der Waals surface area contributed by atoms with Gasteiger partial charge in [-0.1, -0.05) is 24.3 Å². The molecule has 3 rings (SSSR count). The Kier molecular flexibility index (Phi) is 6.09. The minimum absolute atomic E-state index is 0.00795. The molecule has 6 heteroatoms. The molecule has 0 fully saturated rings. The number of allylic oxidation sites excluding steroid dienone is 1. The molecule has 0 radical (unpaired) electrons. The van der Waals surface area contributed by atoms with Gasteiger partial charge in [-0.05, 0) is 68.4 Å². The van der Waals surface area contributed by atoms with Crippen LogP contribution in [-0.4, -0.2) is 22.3 Å². The number of benzene rings is 2. The molecule has 2 aromatic rings. The second-order valence-electron chi connectivity index (χ2n) is 6.67. The number of hydrogen-bond donors (Lipinski definition) is 1. The van der Waals surface area contributed by atoms with Crippen LogP contribution in [0.3, 0.4) is 0 Å². The van der Waals surface area contributed by atoms with Gasteiger partial charge >= 0.3 is 0 Å². The lowest BCUT2D eigenvalue weighted by atomic mass is 9.92. The molecular formula is C22H23FN2O2S. The number of ether oxygens (including phenoxy) is 1. The highest BCUT2D eigenvalue weighted by atomic mass is 32.1. The molecule has 0 aliphatic carbocycles. The Morgan fingerprint density at radius 2 is 1.96 bits per heavy atom. The molecule has 0 spiro atoms. The first kappa shape index (κ1) is 20.0. The Bertz CT molecular complexity index is 924. The summed E-state index contributed by atoms with van der Waals surface area (Å²) in [7, 11) is 0. The lowest BCUT2D eigenvalue weighted by molar-refractivity contribution is -0.114. The van der Waals surface area contributed by atoms with Crippen LogP contribution in [0.2, 0.25) is 0 Å². The van der Waals surface area contributed by atoms with Crippen LogP contribution in [0.25, 0.3) is 0 Å². The molecule has 1 N–H and O–H groups in total. The smallest absolute Gasteiger partial charge is 0.173 e. The van der Waals surface area contributed by atoms with E-state index in [0.717, 1.165) is 16.8 Å². The van der Waals surface area contributed by atoms with Gasteiger partial charge in [0, 0.05) is 17.8 Å². The number of carbonyl (C=O) groups excluding carboxylic acids is 1. The van der Waals surface area contributed by atoms with Crippen LogP contribution in [0.15, 0.2) is 59.8 Å². The van der Waals surface area contributed by atoms with E-state index in [2.05, 4.69) is 5.32 Å². The van der Waals surface area contributed by atoms with Gasteiger partial charge in [0.2, 0.25) is 0 Å². The maximum absolute atomic E-state index is 13.0. The summed E-state index contributed by atoms with van der Waals surface area (Å²) < 4.78 is 18.9. The number of hydrogen-bond acceptors (Lipinski definition) is 3. The number of ketones is 1. The Labute approximate surface area is 170 Å². The first-order valence-corrected chi connectivity index (χ1v) is 9.58. The van der Waals surface area contributed by atoms with Crippen molar-refractivity contribution in [1.82, 2.24) is 10.2 Å². The molecule has 28 heavy (non-hydrogen) atoms. The monoisotopic (exact) mass is 398 g/mol. The molecule has 1 aliphatic heterocycles. The van der Waals surface area contributed by atoms with E-state index < -0.39 is 0 Å². The fraction of sp³-hybridized carbons (Fsp3) is 0.273. The summed E-state index contributed by atoms with van der Waals surface area (Å²) in [5.41, 5.74) is 3.36. The maximum Gasteiger partial charge on any atom is 0.173 e. The number of Topliss-reactive ketones (excluding diaryl/α,β-unsaturated/α-hetero) is 1. The van der Waals surface area contributed by atoms with Crippen molar-refractivity contribution in [2.45, 2.75) is 33.4 Å². The number of carbonyl (C=O) groups is 1. The largest absolute Gasteiger partial charge is 0.489 e. The first-order valence-electron chi connectivity index (χ1n) is 9.17. The van der Waals surface area contributed by atoms with E-state index in [1.54, 1.807) is 19.1 Å². The minimum atomic E-state index is -0.317. The minimum Gasteiger partial charge on any atom is -0.489 e. The van der Waals surface area contributed by atoms with Gasteiger partial charge in [-0.15, -0.1) is 0 Å². The van der Waals surface area contributed by atoms with Crippen LogP contribution in [0, 0.1) is 5.82 Å². The average Bonchev–Trinajstić information content (AvgIpc) is 2.67. The predicted molar refractivity (Wildman–Crippen MR) is 111 cm³/mol. The summed E-state index contributed by atoms with van der Waals surface area (Å²) >= 11 is 5.49. The highest BCUT2D eigenvalue weighted by molar-refractivity contribution is 7.80. The van der Waals surface area contributed by atoms with Crippen molar-refractivity contribution in [2.75, 3.05) is 6.54 Å². The van der Waals surface area contributed by atoms with Crippen LogP contribution in [0.5, 0.6) is 5.75 Å². The van der Waals surface area contributed by atoms with Crippen molar-refractivity contribution < 1.29 is 13.9 Å². The number of halogens is 1. The maximum atomic E-state index is 13.0. The summed E-state index contributed by atoms with van der Waals surface area (Å²) in [5.74, 6) is 0.409. The van der Waals surface area contributed by atoms with E-state index in [1.807, 2.05) is 43.0 Å². The molecule has 1 heterocycles. The van der Waals surface area contributed by atoms with Gasteiger partial charge in [-0.3, -0.25) is 4.79 Å². The Hall–Kier alpha value is -2.73. The third kappa shape index (κ3) is 4.22. The van der Waals surface area contributed by atoms with Crippen LogP contribution in [0.4, 0.5) is 4.39 Å². The number of thiocarbonyl (C=S) groups is 1. The lowest BCUT2D eigenvalue weighted by Crippen LogP contribution is -2.47. The number of rotatable bonds is 6. The number of nitrogens with one attached hydrogen (secondary N) is 1. The van der Waals surface area contributed by atoms with Gasteiger partial charge in [-0.25, -0.2) is 4.39 Å². The van der Waals surface area contributed by atoms with Gasteiger partial charge in [0.25, 0.3) is 0 Å². The highest BCUT2D eigenvalue weighted by Gasteiger charge is 2.31. The Balaban J connectivity index is 1.85. The molecule has 1 atom stereocenters. The van der Waals surface area contributed by atoms with E-state index >= 15 is 0 Å². The van der Waals surface area contributed by atoms with E-state index in [1.165, 1.54) is 12.1 Å². The van der Waals surface area contributed by atoms with Gasteiger partial charge in [-0.2, -0.15) is 0 Å². The number of nitrogens with zero attached hydrogens (tertiary/aromatic N) is 1. The van der Waals surface area contributed by atoms with Crippen molar-refractivity contribution >= 4 is 23.1 Å². The molecule has 0 amide bonds. The molecule has 146 valence electrons. The second kappa shape index (κ2) is 8.52. The zero-order valence-corrected chi connectivity index (χ0v) is 17.0. The third-order valence-corrected chi connectivity index (χ3v) is 5.14. The fourth-order valence-electron chi connectivity index (χ4n) is 3.40. The molecule has 0 saturated heterocycles. The van der Waals surface area contributed by atoms with E-state index in [-0.39, 0.29) is 17.6 Å². The summed E-state index contributed by atoms with van der Waals surface area (Å²) in [6, 6.07) is 13.5. The summed E-state index contributed by atoms with van der Waals surface area (Å²) in [6.45, 7) is 6.53. The van der Waals surface area contributed by atoms with E-state index in [9.17, 15) is 9.18 Å². The van der Waals surface area contributed by atoms with Crippen LogP contribution < -0.4 is 10.1 Å². The molecule has 0 aromatic heterocycles. The molecular weight excluding hydrogens is 375 g/mol. The second-order valence-corrected chi connectivity index (χ2v) is 7.06. The predicted octanol–water partition coefficient (Wildman–Crippen LogP) is 4.52. The van der Waals surface area contributed by atoms with Gasteiger partial charge < -0.3 is 15.0 Å². The lowest BCUT2D eigenvalue weighted by Gasteiger charge is -2.37. The van der Waals surface area contributed by atoms with Gasteiger partial charge in [0.1, 0.15) is 18.2 Å². The van der Waals surface area contributed by atoms with Gasteiger partial charge in [0.05, 0.1) is 6.04 Å². The van der Waals surface area contributed by atoms with Crippen LogP contribution >= 0.6 is 12.2 Å². The Morgan fingerprint density at radius 3 is 2.61 bits per heavy atom. The molecule has 1 aliphatic rings. The SMILES string of the molecule is CCN1C(=S)NC(c2cccc(OCc3ccc(F)cc3)c2)C(C(C)=O)=C1C. The summed E-state index contributed by atoms with van der Waals surface area (Å²) in [6.07, 6.45) is 0. The fourth-order valence-corrected chi connectivity index (χ4v) is 3.78. The van der Waals surface area contributed by atoms with Crippen molar-refractivity contribution in [2.24, 2.45) is 0 Å². The zero-order valence-electron chi connectivity index (χ0n) is 16.2. The molecule has 0 saturated carbocycles.